The van der Waals surface area contributed by atoms with E-state index in [1.807, 2.05) is 13.0 Å². The highest BCUT2D eigenvalue weighted by Gasteiger charge is 2.18. The minimum Gasteiger partial charge on any atom is -0.383 e. The van der Waals surface area contributed by atoms with Crippen LogP contribution in [0.2, 0.25) is 0 Å². The van der Waals surface area contributed by atoms with Crippen molar-refractivity contribution in [2.45, 2.75) is 32.4 Å². The zero-order valence-electron chi connectivity index (χ0n) is 13.4. The summed E-state index contributed by atoms with van der Waals surface area (Å²) in [6.45, 7) is 5.92. The van der Waals surface area contributed by atoms with Gasteiger partial charge >= 0.3 is 0 Å². The summed E-state index contributed by atoms with van der Waals surface area (Å²) in [5.74, 6) is -0.236. The van der Waals surface area contributed by atoms with Crippen molar-refractivity contribution in [3.05, 3.63) is 29.6 Å². The summed E-state index contributed by atoms with van der Waals surface area (Å²) in [6.07, 6.45) is 0.635. The number of benzene rings is 1. The molecule has 0 aromatic heterocycles. The number of anilines is 1. The van der Waals surface area contributed by atoms with Crippen molar-refractivity contribution in [1.29, 1.82) is 0 Å². The van der Waals surface area contributed by atoms with Crippen molar-refractivity contribution in [2.75, 3.05) is 38.9 Å². The fourth-order valence-electron chi connectivity index (χ4n) is 2.44. The van der Waals surface area contributed by atoms with E-state index in [9.17, 15) is 4.39 Å². The van der Waals surface area contributed by atoms with E-state index >= 15 is 0 Å². The summed E-state index contributed by atoms with van der Waals surface area (Å²) in [5.41, 5.74) is 7.80. The number of hydrogen-bond acceptors (Lipinski definition) is 4. The summed E-state index contributed by atoms with van der Waals surface area (Å²) < 4.78 is 24.0. The summed E-state index contributed by atoms with van der Waals surface area (Å²) in [7, 11) is 3.35. The zero-order chi connectivity index (χ0) is 15.8. The lowest BCUT2D eigenvalue weighted by Crippen LogP contribution is -2.39. The van der Waals surface area contributed by atoms with Gasteiger partial charge < -0.3 is 20.1 Å². The maximum Gasteiger partial charge on any atom is 0.123 e. The van der Waals surface area contributed by atoms with Crippen LogP contribution >= 0.6 is 0 Å². The van der Waals surface area contributed by atoms with Gasteiger partial charge in [0.25, 0.3) is 0 Å². The molecule has 0 saturated heterocycles. The van der Waals surface area contributed by atoms with Crippen LogP contribution in [-0.4, -0.2) is 46.1 Å². The Morgan fingerprint density at radius 2 is 1.95 bits per heavy atom. The number of hydrogen-bond donors (Lipinski definition) is 1. The highest BCUT2D eigenvalue weighted by atomic mass is 19.1. The predicted octanol–water partition coefficient (Wildman–Crippen LogP) is 2.20. The Bertz CT molecular complexity index is 427. The largest absolute Gasteiger partial charge is 0.383 e. The monoisotopic (exact) mass is 298 g/mol. The summed E-state index contributed by atoms with van der Waals surface area (Å²) in [6, 6.07) is 5.02. The fraction of sp³-hybridized carbons (Fsp3) is 0.625. The smallest absolute Gasteiger partial charge is 0.123 e. The third-order valence-corrected chi connectivity index (χ3v) is 3.37. The van der Waals surface area contributed by atoms with E-state index in [0.29, 0.717) is 19.6 Å². The molecule has 0 aliphatic rings. The first-order chi connectivity index (χ1) is 9.99. The molecule has 5 heteroatoms. The number of rotatable bonds is 9. The molecular weight excluding hydrogens is 271 g/mol. The molecule has 0 amide bonds. The number of halogens is 1. The molecule has 21 heavy (non-hydrogen) atoms. The van der Waals surface area contributed by atoms with Gasteiger partial charge in [0.1, 0.15) is 5.82 Å². The average Bonchev–Trinajstić information content (AvgIpc) is 2.40. The van der Waals surface area contributed by atoms with Gasteiger partial charge in [0.05, 0.1) is 13.2 Å². The first-order valence-electron chi connectivity index (χ1n) is 7.28. The molecule has 0 spiro atoms. The molecule has 2 N–H and O–H groups in total. The highest BCUT2D eigenvalue weighted by Crippen LogP contribution is 2.25. The Labute approximate surface area is 127 Å². The zero-order valence-corrected chi connectivity index (χ0v) is 13.4. The Morgan fingerprint density at radius 3 is 2.52 bits per heavy atom. The fourth-order valence-corrected chi connectivity index (χ4v) is 2.44. The SMILES string of the molecule is COCCN(c1ccc(F)cc1CC(C)N)C(C)COC. The predicted molar refractivity (Wildman–Crippen MR) is 84.3 cm³/mol. The van der Waals surface area contributed by atoms with E-state index in [-0.39, 0.29) is 17.9 Å². The Balaban J connectivity index is 3.09. The van der Waals surface area contributed by atoms with E-state index in [0.717, 1.165) is 17.8 Å². The first-order valence-corrected chi connectivity index (χ1v) is 7.28. The van der Waals surface area contributed by atoms with Crippen molar-refractivity contribution in [3.8, 4) is 0 Å². The molecule has 0 fully saturated rings. The van der Waals surface area contributed by atoms with Crippen LogP contribution in [-0.2, 0) is 15.9 Å². The standard InChI is InChI=1S/C16H27FN2O2/c1-12(18)9-14-10-15(17)5-6-16(14)19(7-8-20-3)13(2)11-21-4/h5-6,10,12-13H,7-9,11,18H2,1-4H3. The van der Waals surface area contributed by atoms with Gasteiger partial charge in [0.2, 0.25) is 0 Å². The molecule has 1 rings (SSSR count). The molecule has 120 valence electrons. The second-order valence-electron chi connectivity index (χ2n) is 5.44. The summed E-state index contributed by atoms with van der Waals surface area (Å²) in [5, 5.41) is 0. The molecule has 2 atom stereocenters. The lowest BCUT2D eigenvalue weighted by Gasteiger charge is -2.33. The van der Waals surface area contributed by atoms with Gasteiger partial charge in [0.15, 0.2) is 0 Å². The van der Waals surface area contributed by atoms with E-state index in [4.69, 9.17) is 15.2 Å². The topological polar surface area (TPSA) is 47.7 Å². The highest BCUT2D eigenvalue weighted by molar-refractivity contribution is 5.55. The van der Waals surface area contributed by atoms with E-state index in [1.54, 1.807) is 20.3 Å². The van der Waals surface area contributed by atoms with Crippen LogP contribution in [0.15, 0.2) is 18.2 Å². The van der Waals surface area contributed by atoms with Crippen LogP contribution < -0.4 is 10.6 Å². The van der Waals surface area contributed by atoms with Crippen molar-refractivity contribution >= 4 is 5.69 Å². The quantitative estimate of drug-likeness (QED) is 0.759. The molecule has 0 aliphatic heterocycles. The average molecular weight is 298 g/mol. The van der Waals surface area contributed by atoms with Crippen molar-refractivity contribution in [2.24, 2.45) is 5.73 Å². The minimum atomic E-state index is -0.236. The Hall–Kier alpha value is -1.17. The third kappa shape index (κ3) is 5.61. The number of nitrogens with zero attached hydrogens (tertiary/aromatic N) is 1. The normalized spacial score (nSPS) is 14.0. The van der Waals surface area contributed by atoms with Crippen molar-refractivity contribution < 1.29 is 13.9 Å². The van der Waals surface area contributed by atoms with Crippen LogP contribution in [0, 0.1) is 5.82 Å². The molecule has 0 heterocycles. The molecule has 1 aromatic rings. The summed E-state index contributed by atoms with van der Waals surface area (Å²) >= 11 is 0. The van der Waals surface area contributed by atoms with Gasteiger partial charge in [-0.3, -0.25) is 0 Å². The second kappa shape index (κ2) is 8.97. The third-order valence-electron chi connectivity index (χ3n) is 3.37. The maximum atomic E-state index is 13.6. The molecule has 0 bridgehead atoms. The first kappa shape index (κ1) is 17.9. The van der Waals surface area contributed by atoms with Crippen LogP contribution in [0.1, 0.15) is 19.4 Å². The lowest BCUT2D eigenvalue weighted by atomic mass is 10.0. The van der Waals surface area contributed by atoms with Crippen LogP contribution in [0.5, 0.6) is 0 Å². The van der Waals surface area contributed by atoms with Gasteiger partial charge in [-0.1, -0.05) is 0 Å². The molecule has 4 nitrogen and oxygen atoms in total. The second-order valence-corrected chi connectivity index (χ2v) is 5.44. The van der Waals surface area contributed by atoms with E-state index < -0.39 is 0 Å². The number of methoxy groups -OCH3 is 2. The van der Waals surface area contributed by atoms with Crippen LogP contribution in [0.25, 0.3) is 0 Å². The lowest BCUT2D eigenvalue weighted by molar-refractivity contribution is 0.171. The van der Waals surface area contributed by atoms with Gasteiger partial charge in [0, 0.05) is 38.5 Å². The van der Waals surface area contributed by atoms with Gasteiger partial charge in [-0.25, -0.2) is 4.39 Å². The van der Waals surface area contributed by atoms with Gasteiger partial charge in [-0.2, -0.15) is 0 Å². The van der Waals surface area contributed by atoms with Crippen molar-refractivity contribution in [1.82, 2.24) is 0 Å². The van der Waals surface area contributed by atoms with Crippen molar-refractivity contribution in [3.63, 3.8) is 0 Å². The number of nitrogens with two attached hydrogens (primary N) is 1. The minimum absolute atomic E-state index is 0.0208. The van der Waals surface area contributed by atoms with E-state index in [1.165, 1.54) is 6.07 Å². The molecular formula is C16H27FN2O2. The van der Waals surface area contributed by atoms with E-state index in [2.05, 4.69) is 11.8 Å². The van der Waals surface area contributed by atoms with Crippen LogP contribution in [0.4, 0.5) is 10.1 Å². The Kier molecular flexibility index (Phi) is 7.64. The Morgan fingerprint density at radius 1 is 1.24 bits per heavy atom. The number of ether oxygens (including phenoxy) is 2. The molecule has 0 aliphatic carbocycles. The molecule has 0 saturated carbocycles. The maximum absolute atomic E-state index is 13.6. The summed E-state index contributed by atoms with van der Waals surface area (Å²) in [4.78, 5) is 2.18. The molecule has 2 unspecified atom stereocenters. The molecule has 1 aromatic carbocycles. The van der Waals surface area contributed by atoms with Crippen LogP contribution in [0.3, 0.4) is 0 Å². The van der Waals surface area contributed by atoms with Gasteiger partial charge in [-0.15, -0.1) is 0 Å². The van der Waals surface area contributed by atoms with Gasteiger partial charge in [-0.05, 0) is 44.0 Å². The molecule has 0 radical (unpaired) electrons.